The quantitative estimate of drug-likeness (QED) is 0.161. The number of hydrogen-bond acceptors (Lipinski definition) is 2. The van der Waals surface area contributed by atoms with Crippen LogP contribution in [-0.4, -0.2) is 0 Å². The lowest BCUT2D eigenvalue weighted by molar-refractivity contribution is 0.660. The molecule has 0 atom stereocenters. The summed E-state index contributed by atoms with van der Waals surface area (Å²) in [6.45, 7) is 4.72. The summed E-state index contributed by atoms with van der Waals surface area (Å²) in [5.74, 6) is 0. The molecule has 1 aromatic heterocycles. The SMILES string of the molecule is CC1(C)c2ccc(-c3cc(-c4ccccc4)cc(N(c4ccc(-c5ccccc5)cc4)c4ccc5c(c4)oc4ccccc45)c3)cc2-c2c(-c3ccccc3)cccc21. The fourth-order valence-electron chi connectivity index (χ4n) is 9.28. The van der Waals surface area contributed by atoms with E-state index in [1.54, 1.807) is 0 Å². The van der Waals surface area contributed by atoms with Crippen LogP contribution in [0.5, 0.6) is 0 Å². The van der Waals surface area contributed by atoms with Gasteiger partial charge in [0.15, 0.2) is 0 Å². The number of benzene rings is 9. The number of fused-ring (bicyclic) bond motifs is 6. The van der Waals surface area contributed by atoms with Crippen LogP contribution in [0.3, 0.4) is 0 Å². The van der Waals surface area contributed by atoms with Crippen molar-refractivity contribution in [2.24, 2.45) is 0 Å². The van der Waals surface area contributed by atoms with Gasteiger partial charge >= 0.3 is 0 Å². The molecule has 0 spiro atoms. The van der Waals surface area contributed by atoms with Crippen molar-refractivity contribution in [1.29, 1.82) is 0 Å². The van der Waals surface area contributed by atoms with Crippen molar-refractivity contribution in [2.75, 3.05) is 4.90 Å². The zero-order valence-corrected chi connectivity index (χ0v) is 33.1. The Balaban J connectivity index is 1.12. The van der Waals surface area contributed by atoms with Gasteiger partial charge in [-0.1, -0.05) is 166 Å². The van der Waals surface area contributed by atoms with Gasteiger partial charge in [-0.15, -0.1) is 0 Å². The molecule has 0 aliphatic heterocycles. The van der Waals surface area contributed by atoms with Crippen molar-refractivity contribution in [3.05, 3.63) is 223 Å². The zero-order valence-electron chi connectivity index (χ0n) is 33.1. The molecule has 2 nitrogen and oxygen atoms in total. The molecule has 10 aromatic rings. The third kappa shape index (κ3) is 5.96. The lowest BCUT2D eigenvalue weighted by Gasteiger charge is -2.27. The van der Waals surface area contributed by atoms with E-state index in [9.17, 15) is 0 Å². The zero-order chi connectivity index (χ0) is 39.5. The molecule has 0 fully saturated rings. The van der Waals surface area contributed by atoms with E-state index in [1.165, 1.54) is 55.6 Å². The fourth-order valence-corrected chi connectivity index (χ4v) is 9.28. The first-order valence-corrected chi connectivity index (χ1v) is 20.4. The Bertz CT molecular complexity index is 3160. The summed E-state index contributed by atoms with van der Waals surface area (Å²) in [6, 6.07) is 76.9. The van der Waals surface area contributed by atoms with Crippen LogP contribution in [0.4, 0.5) is 17.1 Å². The second kappa shape index (κ2) is 13.9. The number of hydrogen-bond donors (Lipinski definition) is 0. The highest BCUT2D eigenvalue weighted by molar-refractivity contribution is 6.06. The van der Waals surface area contributed by atoms with E-state index in [-0.39, 0.29) is 5.41 Å². The first-order valence-electron chi connectivity index (χ1n) is 20.4. The highest BCUT2D eigenvalue weighted by Gasteiger charge is 2.37. The minimum atomic E-state index is -0.122. The van der Waals surface area contributed by atoms with Gasteiger partial charge in [-0.05, 0) is 121 Å². The first-order chi connectivity index (χ1) is 29.0. The minimum Gasteiger partial charge on any atom is -0.456 e. The van der Waals surface area contributed by atoms with Crippen LogP contribution >= 0.6 is 0 Å². The number of furan rings is 1. The van der Waals surface area contributed by atoms with Crippen molar-refractivity contribution in [3.8, 4) is 55.6 Å². The normalized spacial score (nSPS) is 12.7. The molecule has 0 saturated carbocycles. The Kier molecular flexibility index (Phi) is 8.20. The summed E-state index contributed by atoms with van der Waals surface area (Å²) in [5.41, 5.74) is 19.7. The Morgan fingerprint density at radius 2 is 0.915 bits per heavy atom. The van der Waals surface area contributed by atoms with E-state index in [0.29, 0.717) is 0 Å². The maximum absolute atomic E-state index is 6.48. The average Bonchev–Trinajstić information content (AvgIpc) is 3.78. The van der Waals surface area contributed by atoms with Gasteiger partial charge in [0.1, 0.15) is 11.2 Å². The summed E-state index contributed by atoms with van der Waals surface area (Å²) in [6.07, 6.45) is 0. The molecule has 0 radical (unpaired) electrons. The van der Waals surface area contributed by atoms with Crippen LogP contribution in [0.15, 0.2) is 217 Å². The highest BCUT2D eigenvalue weighted by Crippen LogP contribution is 2.53. The first kappa shape index (κ1) is 34.8. The lowest BCUT2D eigenvalue weighted by Crippen LogP contribution is -2.14. The molecule has 0 bridgehead atoms. The topological polar surface area (TPSA) is 16.4 Å². The maximum atomic E-state index is 6.48. The molecular formula is C57H41NO. The predicted octanol–water partition coefficient (Wildman–Crippen LogP) is 16.0. The molecule has 0 saturated heterocycles. The van der Waals surface area contributed by atoms with Crippen molar-refractivity contribution in [3.63, 3.8) is 0 Å². The van der Waals surface area contributed by atoms with Crippen LogP contribution < -0.4 is 4.90 Å². The average molecular weight is 756 g/mol. The smallest absolute Gasteiger partial charge is 0.137 e. The molecule has 0 unspecified atom stereocenters. The maximum Gasteiger partial charge on any atom is 0.137 e. The van der Waals surface area contributed by atoms with Crippen LogP contribution in [0.25, 0.3) is 77.6 Å². The Morgan fingerprint density at radius 1 is 0.339 bits per heavy atom. The van der Waals surface area contributed by atoms with Crippen LogP contribution in [0.2, 0.25) is 0 Å². The van der Waals surface area contributed by atoms with Gasteiger partial charge in [-0.3, -0.25) is 0 Å². The van der Waals surface area contributed by atoms with Gasteiger partial charge in [0.25, 0.3) is 0 Å². The van der Waals surface area contributed by atoms with Crippen LogP contribution in [0, 0.1) is 0 Å². The molecule has 2 heteroatoms. The lowest BCUT2D eigenvalue weighted by atomic mass is 9.81. The summed E-state index contributed by atoms with van der Waals surface area (Å²) in [5, 5.41) is 2.23. The summed E-state index contributed by atoms with van der Waals surface area (Å²) >= 11 is 0. The second-order valence-corrected chi connectivity index (χ2v) is 16.1. The largest absolute Gasteiger partial charge is 0.456 e. The van der Waals surface area contributed by atoms with E-state index in [4.69, 9.17) is 4.42 Å². The van der Waals surface area contributed by atoms with Gasteiger partial charge in [-0.25, -0.2) is 0 Å². The molecule has 1 heterocycles. The van der Waals surface area contributed by atoms with Crippen LogP contribution in [-0.2, 0) is 5.41 Å². The summed E-state index contributed by atoms with van der Waals surface area (Å²) < 4.78 is 6.48. The molecule has 59 heavy (non-hydrogen) atoms. The van der Waals surface area contributed by atoms with Gasteiger partial charge in [0.2, 0.25) is 0 Å². The number of rotatable bonds is 7. The molecule has 9 aromatic carbocycles. The fraction of sp³-hybridized carbons (Fsp3) is 0.0526. The highest BCUT2D eigenvalue weighted by atomic mass is 16.3. The van der Waals surface area contributed by atoms with Crippen molar-refractivity contribution in [1.82, 2.24) is 0 Å². The predicted molar refractivity (Wildman–Crippen MR) is 248 cm³/mol. The van der Waals surface area contributed by atoms with Crippen molar-refractivity contribution < 1.29 is 4.42 Å². The molecule has 280 valence electrons. The van der Waals surface area contributed by atoms with Gasteiger partial charge < -0.3 is 9.32 Å². The van der Waals surface area contributed by atoms with Gasteiger partial charge in [0.05, 0.1) is 0 Å². The van der Waals surface area contributed by atoms with E-state index < -0.39 is 0 Å². The number of para-hydroxylation sites is 1. The van der Waals surface area contributed by atoms with E-state index in [2.05, 4.69) is 219 Å². The molecular weight excluding hydrogens is 715 g/mol. The number of nitrogens with zero attached hydrogens (tertiary/aromatic N) is 1. The van der Waals surface area contributed by atoms with Crippen LogP contribution in [0.1, 0.15) is 25.0 Å². The van der Waals surface area contributed by atoms with Crippen molar-refractivity contribution >= 4 is 39.0 Å². The third-order valence-electron chi connectivity index (χ3n) is 12.3. The van der Waals surface area contributed by atoms with Gasteiger partial charge in [0, 0.05) is 39.3 Å². The Morgan fingerprint density at radius 3 is 1.64 bits per heavy atom. The van der Waals surface area contributed by atoms with Gasteiger partial charge in [-0.2, -0.15) is 0 Å². The second-order valence-electron chi connectivity index (χ2n) is 16.1. The summed E-state index contributed by atoms with van der Waals surface area (Å²) in [4.78, 5) is 2.37. The Labute approximate surface area is 345 Å². The molecule has 1 aliphatic carbocycles. The monoisotopic (exact) mass is 755 g/mol. The number of anilines is 3. The van der Waals surface area contributed by atoms with Crippen molar-refractivity contribution in [2.45, 2.75) is 19.3 Å². The standard InChI is InChI=1S/C57H41NO/c1-57(2)52-32-27-42(36-51(52)56-48(22-14-23-53(56)57)41-19-10-5-11-20-41)44-33-43(39-17-8-4-9-18-39)34-47(35-44)58(45-28-25-40(26-29-45)38-15-6-3-7-16-38)46-30-31-50-49-21-12-13-24-54(49)59-55(50)37-46/h3-37H,1-2H3. The third-order valence-corrected chi connectivity index (χ3v) is 12.3. The Hall–Kier alpha value is -7.42. The molecule has 1 aliphatic rings. The summed E-state index contributed by atoms with van der Waals surface area (Å²) in [7, 11) is 0. The van der Waals surface area contributed by atoms with E-state index in [0.717, 1.165) is 50.1 Å². The molecule has 0 amide bonds. The minimum absolute atomic E-state index is 0.122. The van der Waals surface area contributed by atoms with E-state index >= 15 is 0 Å². The molecule has 0 N–H and O–H groups in total. The van der Waals surface area contributed by atoms with E-state index in [1.807, 2.05) is 12.1 Å². The molecule has 11 rings (SSSR count).